The molecule has 1 aromatic carbocycles. The van der Waals surface area contributed by atoms with Crippen molar-refractivity contribution in [2.24, 2.45) is 0 Å². The number of para-hydroxylation sites is 1. The van der Waals surface area contributed by atoms with Crippen LogP contribution in [0, 0.1) is 42.0 Å². The van der Waals surface area contributed by atoms with Gasteiger partial charge in [0.15, 0.2) is 0 Å². The van der Waals surface area contributed by atoms with Crippen LogP contribution in [0.15, 0.2) is 42.5 Å². The molecule has 1 aromatic heterocycles. The molecular formula is C31H46Li2N4O4-4. The van der Waals surface area contributed by atoms with E-state index in [2.05, 4.69) is 67.7 Å². The van der Waals surface area contributed by atoms with E-state index in [4.69, 9.17) is 9.84 Å². The molecule has 4 N–H and O–H groups in total. The molecule has 0 saturated carbocycles. The van der Waals surface area contributed by atoms with Crippen LogP contribution in [0.3, 0.4) is 0 Å². The number of amides is 2. The van der Waals surface area contributed by atoms with Crippen molar-refractivity contribution in [2.75, 3.05) is 18.5 Å². The smallest absolute Gasteiger partial charge is 0.525 e. The summed E-state index contributed by atoms with van der Waals surface area (Å²) in [5, 5.41) is 16.9. The molecule has 2 heterocycles. The van der Waals surface area contributed by atoms with Crippen molar-refractivity contribution in [3.8, 4) is 5.75 Å². The molecule has 0 unspecified atom stereocenters. The fourth-order valence-corrected chi connectivity index (χ4v) is 3.38. The molecule has 3 rings (SSSR count). The summed E-state index contributed by atoms with van der Waals surface area (Å²) in [4.78, 5) is 26.5. The Bertz CT molecular complexity index is 932. The molecule has 0 saturated heterocycles. The Balaban J connectivity index is -0.000000523. The Morgan fingerprint density at radius 3 is 2.17 bits per heavy atom. The van der Waals surface area contributed by atoms with E-state index in [1.54, 1.807) is 0 Å². The Morgan fingerprint density at radius 1 is 0.976 bits per heavy atom. The van der Waals surface area contributed by atoms with E-state index >= 15 is 0 Å². The van der Waals surface area contributed by atoms with E-state index < -0.39 is 18.0 Å². The first-order chi connectivity index (χ1) is 18.4. The van der Waals surface area contributed by atoms with E-state index in [0.29, 0.717) is 19.4 Å². The number of fused-ring (bicyclic) bond motifs is 1. The molecule has 220 valence electrons. The molecule has 10 heteroatoms. The SMILES string of the molecule is [CH2-]CC(C[CH2-])NC(=O)N[C@@H](C[CH2-])C(=O)O.[CH2-]CCCc1ccc2c(n1)NCCC2.[CH2-]COc1ccccc1.[CH3-].[Li+].[Li+]. The molecule has 1 aliphatic heterocycles. The number of rotatable bonds is 11. The van der Waals surface area contributed by atoms with Crippen LogP contribution in [0.5, 0.6) is 5.75 Å². The third-order valence-corrected chi connectivity index (χ3v) is 5.57. The van der Waals surface area contributed by atoms with E-state index in [1.807, 2.05) is 30.3 Å². The van der Waals surface area contributed by atoms with Crippen LogP contribution in [0.2, 0.25) is 0 Å². The van der Waals surface area contributed by atoms with Crippen LogP contribution < -0.4 is 58.4 Å². The quantitative estimate of drug-likeness (QED) is 0.226. The number of ether oxygens (including phenoxy) is 1. The second-order valence-electron chi connectivity index (χ2n) is 8.53. The van der Waals surface area contributed by atoms with Gasteiger partial charge in [0.25, 0.3) is 0 Å². The zero-order valence-electron chi connectivity index (χ0n) is 25.4. The van der Waals surface area contributed by atoms with Gasteiger partial charge in [-0.1, -0.05) is 30.7 Å². The van der Waals surface area contributed by atoms with Crippen LogP contribution in [0.25, 0.3) is 0 Å². The Morgan fingerprint density at radius 2 is 1.63 bits per heavy atom. The Hall–Kier alpha value is -2.10. The van der Waals surface area contributed by atoms with Gasteiger partial charge in [0.1, 0.15) is 17.6 Å². The number of benzene rings is 1. The summed E-state index contributed by atoms with van der Waals surface area (Å²) >= 11 is 0. The number of aryl methyl sites for hydroxylation is 2. The van der Waals surface area contributed by atoms with Crippen molar-refractivity contribution in [3.05, 3.63) is 95.8 Å². The van der Waals surface area contributed by atoms with Crippen LogP contribution >= 0.6 is 0 Å². The molecule has 0 bridgehead atoms. The summed E-state index contributed by atoms with van der Waals surface area (Å²) in [5.74, 6) is 0.895. The molecule has 0 radical (unpaired) electrons. The molecular weight excluding hydrogens is 506 g/mol. The summed E-state index contributed by atoms with van der Waals surface area (Å²) < 4.78 is 5.09. The van der Waals surface area contributed by atoms with Crippen molar-refractivity contribution < 1.29 is 57.2 Å². The van der Waals surface area contributed by atoms with Gasteiger partial charge in [-0.25, -0.2) is 9.78 Å². The van der Waals surface area contributed by atoms with Gasteiger partial charge in [-0.05, 0) is 55.7 Å². The maximum Gasteiger partial charge on any atom is 1.00 e. The minimum atomic E-state index is -1.10. The normalized spacial score (nSPS) is 11.5. The monoisotopic (exact) mass is 552 g/mol. The van der Waals surface area contributed by atoms with Crippen molar-refractivity contribution >= 4 is 17.8 Å². The topological polar surface area (TPSA) is 113 Å². The van der Waals surface area contributed by atoms with Gasteiger partial charge in [-0.15, -0.1) is 0 Å². The second-order valence-corrected chi connectivity index (χ2v) is 8.53. The first-order valence-electron chi connectivity index (χ1n) is 13.0. The maximum absolute atomic E-state index is 11.3. The largest absolute Gasteiger partial charge is 1.00 e. The van der Waals surface area contributed by atoms with Gasteiger partial charge < -0.3 is 67.8 Å². The first kappa shape index (κ1) is 43.4. The van der Waals surface area contributed by atoms with Crippen molar-refractivity contribution in [1.82, 2.24) is 15.6 Å². The van der Waals surface area contributed by atoms with Crippen LogP contribution in [0.1, 0.15) is 49.8 Å². The van der Waals surface area contributed by atoms with Gasteiger partial charge >= 0.3 is 49.7 Å². The van der Waals surface area contributed by atoms with Gasteiger partial charge in [0.2, 0.25) is 0 Å². The number of urea groups is 1. The maximum atomic E-state index is 11.3. The zero-order chi connectivity index (χ0) is 28.2. The Labute approximate surface area is 272 Å². The molecule has 0 fully saturated rings. The van der Waals surface area contributed by atoms with E-state index in [9.17, 15) is 9.59 Å². The number of aliphatic carboxylic acids is 1. The average molecular weight is 553 g/mol. The first-order valence-corrected chi connectivity index (χ1v) is 13.0. The van der Waals surface area contributed by atoms with Gasteiger partial charge in [-0.2, -0.15) is 25.7 Å². The Kier molecular flexibility index (Phi) is 28.3. The molecule has 0 aliphatic carbocycles. The van der Waals surface area contributed by atoms with Gasteiger partial charge in [0.05, 0.1) is 0 Å². The molecule has 0 spiro atoms. The molecule has 1 aliphatic rings. The number of hydrogen-bond acceptors (Lipinski definition) is 5. The number of hydrogen-bond donors (Lipinski definition) is 4. The predicted octanol–water partition coefficient (Wildman–Crippen LogP) is -0.266. The van der Waals surface area contributed by atoms with Crippen molar-refractivity contribution in [1.29, 1.82) is 0 Å². The number of anilines is 1. The summed E-state index contributed by atoms with van der Waals surface area (Å²) in [5.41, 5.74) is 2.57. The number of unbranched alkanes of at least 4 members (excludes halogenated alkanes) is 1. The van der Waals surface area contributed by atoms with E-state index in [0.717, 1.165) is 37.4 Å². The standard InChI is InChI=1S/C12H17N2.C10H17N2O3.C8H9O.CH3.2Li/c1-2-3-6-11-8-7-10-5-4-9-13-12(10)14-11;1-4-7(5-2)11-10(15)12-8(6-3)9(13)14;1-2-9-8-6-4-3-5-7-8;;;/h7-8H,1-6,9H2,(H,13,14);7-8H,1-6H2,(H,13,14)(H2,11,12,15);3-7H,1-2H2;1H3;;/q-1;-3;2*-1;2*+1/t;8-;;;;/m.0..../s1. The number of carboxylic acid groups (broad SMARTS) is 1. The van der Waals surface area contributed by atoms with Crippen LogP contribution in [-0.2, 0) is 17.6 Å². The van der Waals surface area contributed by atoms with Gasteiger partial charge in [0, 0.05) is 12.2 Å². The summed E-state index contributed by atoms with van der Waals surface area (Å²) in [6, 6.07) is 12.4. The summed E-state index contributed by atoms with van der Waals surface area (Å²) in [7, 11) is 0. The third kappa shape index (κ3) is 18.9. The summed E-state index contributed by atoms with van der Waals surface area (Å²) in [6.07, 6.45) is 6.70. The van der Waals surface area contributed by atoms with E-state index in [1.165, 1.54) is 24.1 Å². The summed E-state index contributed by atoms with van der Waals surface area (Å²) in [6.45, 7) is 19.7. The molecule has 41 heavy (non-hydrogen) atoms. The number of aromatic nitrogens is 1. The number of carbonyl (C=O) groups is 2. The number of carbonyl (C=O) groups excluding carboxylic acids is 1. The molecule has 8 nitrogen and oxygen atoms in total. The fraction of sp³-hybridized carbons (Fsp3) is 0.387. The number of nitrogens with zero attached hydrogens (tertiary/aromatic N) is 1. The van der Waals surface area contributed by atoms with E-state index in [-0.39, 0.29) is 57.6 Å². The third-order valence-electron chi connectivity index (χ3n) is 5.57. The zero-order valence-corrected chi connectivity index (χ0v) is 25.4. The molecule has 2 aromatic rings. The van der Waals surface area contributed by atoms with Crippen LogP contribution in [0.4, 0.5) is 10.6 Å². The number of pyridine rings is 1. The van der Waals surface area contributed by atoms with Crippen molar-refractivity contribution in [2.45, 2.75) is 63.5 Å². The second kappa shape index (κ2) is 26.8. The minimum Gasteiger partial charge on any atom is -0.525 e. The number of carboxylic acids is 1. The minimum absolute atomic E-state index is 0. The number of nitrogens with one attached hydrogen (secondary N) is 3. The molecule has 2 amide bonds. The van der Waals surface area contributed by atoms with Gasteiger partial charge in [-0.3, -0.25) is 4.79 Å². The predicted molar refractivity (Wildman–Crippen MR) is 160 cm³/mol. The van der Waals surface area contributed by atoms with Crippen molar-refractivity contribution in [3.63, 3.8) is 0 Å². The fourth-order valence-electron chi connectivity index (χ4n) is 3.38. The molecule has 1 atom stereocenters. The van der Waals surface area contributed by atoms with Crippen LogP contribution in [-0.4, -0.2) is 47.3 Å². The average Bonchev–Trinajstić information content (AvgIpc) is 2.94.